The van der Waals surface area contributed by atoms with Crippen molar-refractivity contribution in [2.75, 3.05) is 37.5 Å². The van der Waals surface area contributed by atoms with E-state index in [0.29, 0.717) is 28.5 Å². The molecule has 4 rings (SSSR count). The maximum atomic E-state index is 13.1. The summed E-state index contributed by atoms with van der Waals surface area (Å²) in [6.45, 7) is 3.81. The van der Waals surface area contributed by atoms with E-state index in [1.165, 1.54) is 18.2 Å². The Labute approximate surface area is 186 Å². The zero-order valence-electron chi connectivity index (χ0n) is 18.6. The van der Waals surface area contributed by atoms with Gasteiger partial charge in [-0.25, -0.2) is 4.68 Å². The van der Waals surface area contributed by atoms with Crippen molar-refractivity contribution >= 4 is 28.2 Å². The van der Waals surface area contributed by atoms with Crippen molar-refractivity contribution in [2.24, 2.45) is 5.92 Å². The number of hydrogen-bond donors (Lipinski definition) is 1. The number of fused-ring (bicyclic) bond motifs is 1. The number of piperidine rings is 1. The van der Waals surface area contributed by atoms with E-state index in [0.717, 1.165) is 30.7 Å². The third-order valence-corrected chi connectivity index (χ3v) is 5.77. The lowest BCUT2D eigenvalue weighted by molar-refractivity contribution is -0.117. The predicted octanol–water partition coefficient (Wildman–Crippen LogP) is 3.29. The van der Waals surface area contributed by atoms with E-state index in [1.807, 2.05) is 18.2 Å². The molecule has 1 aliphatic heterocycles. The normalized spacial score (nSPS) is 16.1. The van der Waals surface area contributed by atoms with Gasteiger partial charge >= 0.3 is 0 Å². The summed E-state index contributed by atoms with van der Waals surface area (Å²) in [5.41, 5.74) is 0.267. The molecule has 1 aliphatic rings. The van der Waals surface area contributed by atoms with Gasteiger partial charge in [-0.2, -0.15) is 5.10 Å². The SMILES string of the molecule is COc1ccc(NC(=O)Cn2nc(N3CCC[C@@H](C)C3)c3ccccc3c2=O)cc1OC. The van der Waals surface area contributed by atoms with Crippen molar-refractivity contribution in [2.45, 2.75) is 26.3 Å². The van der Waals surface area contributed by atoms with Crippen LogP contribution in [0.4, 0.5) is 11.5 Å². The first-order chi connectivity index (χ1) is 15.5. The van der Waals surface area contributed by atoms with Gasteiger partial charge in [-0.05, 0) is 37.0 Å². The third kappa shape index (κ3) is 4.39. The Balaban J connectivity index is 1.63. The molecule has 1 fully saturated rings. The average Bonchev–Trinajstić information content (AvgIpc) is 2.80. The Hall–Kier alpha value is -3.55. The summed E-state index contributed by atoms with van der Waals surface area (Å²) >= 11 is 0. The van der Waals surface area contributed by atoms with Gasteiger partial charge in [0.15, 0.2) is 17.3 Å². The Morgan fingerprint density at radius 1 is 1.12 bits per heavy atom. The zero-order valence-corrected chi connectivity index (χ0v) is 18.6. The fourth-order valence-electron chi connectivity index (χ4n) is 4.19. The van der Waals surface area contributed by atoms with E-state index >= 15 is 0 Å². The van der Waals surface area contributed by atoms with Gasteiger partial charge in [0.2, 0.25) is 5.91 Å². The van der Waals surface area contributed by atoms with Crippen molar-refractivity contribution in [3.8, 4) is 11.5 Å². The van der Waals surface area contributed by atoms with Crippen LogP contribution in [-0.2, 0) is 11.3 Å². The highest BCUT2D eigenvalue weighted by Gasteiger charge is 2.22. The first-order valence-corrected chi connectivity index (χ1v) is 10.8. The summed E-state index contributed by atoms with van der Waals surface area (Å²) in [4.78, 5) is 28.1. The van der Waals surface area contributed by atoms with Gasteiger partial charge in [-0.15, -0.1) is 0 Å². The first-order valence-electron chi connectivity index (χ1n) is 10.8. The molecule has 1 amide bonds. The van der Waals surface area contributed by atoms with Gasteiger partial charge in [0.25, 0.3) is 5.56 Å². The van der Waals surface area contributed by atoms with Crippen LogP contribution in [0.3, 0.4) is 0 Å². The van der Waals surface area contributed by atoms with E-state index in [-0.39, 0.29) is 18.0 Å². The fourth-order valence-corrected chi connectivity index (χ4v) is 4.19. The standard InChI is InChI=1S/C24H28N4O4/c1-16-7-6-12-27(14-16)23-18-8-4-5-9-19(18)24(30)28(26-23)15-22(29)25-17-10-11-20(31-2)21(13-17)32-3/h4-5,8-11,13,16H,6-7,12,14-15H2,1-3H3,(H,25,29)/t16-/m1/s1. The lowest BCUT2D eigenvalue weighted by Crippen LogP contribution is -2.38. The predicted molar refractivity (Wildman–Crippen MR) is 125 cm³/mol. The number of nitrogens with zero attached hydrogens (tertiary/aromatic N) is 3. The van der Waals surface area contributed by atoms with E-state index in [2.05, 4.69) is 22.2 Å². The van der Waals surface area contributed by atoms with Crippen LogP contribution in [0.15, 0.2) is 47.3 Å². The lowest BCUT2D eigenvalue weighted by Gasteiger charge is -2.32. The van der Waals surface area contributed by atoms with E-state index in [9.17, 15) is 9.59 Å². The summed E-state index contributed by atoms with van der Waals surface area (Å²) in [7, 11) is 3.08. The number of amides is 1. The molecule has 0 aliphatic carbocycles. The number of nitrogens with one attached hydrogen (secondary N) is 1. The van der Waals surface area contributed by atoms with Crippen LogP contribution in [0.25, 0.3) is 10.8 Å². The number of rotatable bonds is 6. The molecule has 168 valence electrons. The van der Waals surface area contributed by atoms with E-state index < -0.39 is 0 Å². The third-order valence-electron chi connectivity index (χ3n) is 5.77. The number of carbonyl (C=O) groups is 1. The van der Waals surface area contributed by atoms with Gasteiger partial charge in [-0.1, -0.05) is 25.1 Å². The Morgan fingerprint density at radius 3 is 2.59 bits per heavy atom. The monoisotopic (exact) mass is 436 g/mol. The molecule has 3 aromatic rings. The van der Waals surface area contributed by atoms with Crippen LogP contribution in [0.5, 0.6) is 11.5 Å². The Morgan fingerprint density at radius 2 is 1.88 bits per heavy atom. The molecule has 8 nitrogen and oxygen atoms in total. The molecule has 0 radical (unpaired) electrons. The molecule has 0 unspecified atom stereocenters. The number of hydrogen-bond acceptors (Lipinski definition) is 6. The summed E-state index contributed by atoms with van der Waals surface area (Å²) in [6, 6.07) is 12.6. The fraction of sp³-hybridized carbons (Fsp3) is 0.375. The van der Waals surface area contributed by atoms with E-state index in [4.69, 9.17) is 9.47 Å². The number of methoxy groups -OCH3 is 2. The maximum Gasteiger partial charge on any atom is 0.275 e. The molecule has 8 heteroatoms. The molecule has 1 atom stereocenters. The number of ether oxygens (including phenoxy) is 2. The topological polar surface area (TPSA) is 85.7 Å². The van der Waals surface area contributed by atoms with Gasteiger partial charge in [0.05, 0.1) is 19.6 Å². The van der Waals surface area contributed by atoms with Crippen LogP contribution in [0.1, 0.15) is 19.8 Å². The Bertz CT molecular complexity index is 1190. The lowest BCUT2D eigenvalue weighted by atomic mass is 10.00. The molecule has 2 aromatic carbocycles. The number of aromatic nitrogens is 2. The van der Waals surface area contributed by atoms with Crippen molar-refractivity contribution in [3.63, 3.8) is 0 Å². The highest BCUT2D eigenvalue weighted by Crippen LogP contribution is 2.30. The van der Waals surface area contributed by atoms with Crippen LogP contribution in [0, 0.1) is 5.92 Å². The van der Waals surface area contributed by atoms with Gasteiger partial charge in [-0.3, -0.25) is 9.59 Å². The molecule has 1 N–H and O–H groups in total. The maximum absolute atomic E-state index is 13.1. The quantitative estimate of drug-likeness (QED) is 0.638. The summed E-state index contributed by atoms with van der Waals surface area (Å²) < 4.78 is 11.8. The van der Waals surface area contributed by atoms with Crippen LogP contribution in [0.2, 0.25) is 0 Å². The highest BCUT2D eigenvalue weighted by atomic mass is 16.5. The second kappa shape index (κ2) is 9.30. The number of anilines is 2. The second-order valence-electron chi connectivity index (χ2n) is 8.14. The molecule has 1 saturated heterocycles. The first kappa shape index (κ1) is 21.7. The summed E-state index contributed by atoms with van der Waals surface area (Å²) in [5, 5.41) is 8.82. The van der Waals surface area contributed by atoms with Crippen LogP contribution >= 0.6 is 0 Å². The molecule has 2 heterocycles. The highest BCUT2D eigenvalue weighted by molar-refractivity contribution is 5.93. The van der Waals surface area contributed by atoms with Crippen molar-refractivity contribution in [1.82, 2.24) is 9.78 Å². The average molecular weight is 437 g/mol. The van der Waals surface area contributed by atoms with Gasteiger partial charge in [0.1, 0.15) is 6.54 Å². The number of benzene rings is 2. The smallest absolute Gasteiger partial charge is 0.275 e. The van der Waals surface area contributed by atoms with Gasteiger partial charge < -0.3 is 19.7 Å². The summed E-state index contributed by atoms with van der Waals surface area (Å²) in [5.74, 6) is 2.04. The zero-order chi connectivity index (χ0) is 22.7. The molecular weight excluding hydrogens is 408 g/mol. The summed E-state index contributed by atoms with van der Waals surface area (Å²) in [6.07, 6.45) is 2.26. The van der Waals surface area contributed by atoms with Crippen LogP contribution < -0.4 is 25.2 Å². The second-order valence-corrected chi connectivity index (χ2v) is 8.14. The van der Waals surface area contributed by atoms with Crippen molar-refractivity contribution in [1.29, 1.82) is 0 Å². The molecule has 0 bridgehead atoms. The van der Waals surface area contributed by atoms with E-state index in [1.54, 1.807) is 31.4 Å². The minimum Gasteiger partial charge on any atom is -0.493 e. The Kier molecular flexibility index (Phi) is 6.30. The number of carbonyl (C=O) groups excluding carboxylic acids is 1. The minimum atomic E-state index is -0.347. The molecule has 0 spiro atoms. The largest absolute Gasteiger partial charge is 0.493 e. The molecule has 32 heavy (non-hydrogen) atoms. The van der Waals surface area contributed by atoms with Crippen molar-refractivity contribution in [3.05, 3.63) is 52.8 Å². The van der Waals surface area contributed by atoms with Gasteiger partial charge in [0, 0.05) is 30.2 Å². The van der Waals surface area contributed by atoms with Crippen molar-refractivity contribution < 1.29 is 14.3 Å². The molecule has 0 saturated carbocycles. The van der Waals surface area contributed by atoms with Crippen LogP contribution in [-0.4, -0.2) is 43.0 Å². The molecular formula is C24H28N4O4. The molecule has 1 aromatic heterocycles. The minimum absolute atomic E-state index is 0.186.